The van der Waals surface area contributed by atoms with Crippen LogP contribution < -0.4 is 9.80 Å². The van der Waals surface area contributed by atoms with E-state index in [4.69, 9.17) is 0 Å². The fourth-order valence-corrected chi connectivity index (χ4v) is 13.1. The first-order valence-electron chi connectivity index (χ1n) is 20.9. The Hall–Kier alpha value is -6.20. The molecule has 60 heavy (non-hydrogen) atoms. The second-order valence-corrected chi connectivity index (χ2v) is 19.8. The number of para-hydroxylation sites is 2. The molecule has 0 radical (unpaired) electrons. The van der Waals surface area contributed by atoms with Crippen molar-refractivity contribution in [1.29, 1.82) is 0 Å². The van der Waals surface area contributed by atoms with Crippen molar-refractivity contribution in [3.8, 4) is 22.3 Å². The third-order valence-corrected chi connectivity index (χ3v) is 16.0. The molecule has 2 nitrogen and oxygen atoms in total. The van der Waals surface area contributed by atoms with E-state index in [1.807, 2.05) is 23.5 Å². The lowest BCUT2D eigenvalue weighted by Crippen LogP contribution is -2.20. The van der Waals surface area contributed by atoms with Gasteiger partial charge in [0, 0.05) is 52.0 Å². The molecule has 0 unspecified atom stereocenters. The van der Waals surface area contributed by atoms with E-state index < -0.39 is 0 Å². The summed E-state index contributed by atoms with van der Waals surface area (Å²) in [6, 6.07) is 64.2. The van der Waals surface area contributed by atoms with Gasteiger partial charge >= 0.3 is 0 Å². The van der Waals surface area contributed by atoms with Crippen LogP contribution in [-0.2, 0) is 10.8 Å². The third kappa shape index (κ3) is 4.53. The first-order chi connectivity index (χ1) is 29.3. The van der Waals surface area contributed by atoms with Crippen molar-refractivity contribution in [2.75, 3.05) is 9.80 Å². The summed E-state index contributed by atoms with van der Waals surface area (Å²) in [5.41, 5.74) is 18.1. The van der Waals surface area contributed by atoms with Gasteiger partial charge in [0.25, 0.3) is 0 Å². The van der Waals surface area contributed by atoms with Gasteiger partial charge in [0.1, 0.15) is 0 Å². The van der Waals surface area contributed by atoms with E-state index >= 15 is 0 Å². The smallest absolute Gasteiger partial charge is 0.0620 e. The minimum absolute atomic E-state index is 0.120. The molecule has 4 heteroatoms. The fraction of sp³-hybridized carbons (Fsp3) is 0.107. The maximum atomic E-state index is 2.59. The standard InChI is InChI=1S/C56H40N2S2/c1-55(2)41-23-11-9-17-33(41)39-29-51-47(31-43(39)55)57(45-25-13-15-27-49(45)59-51)53-35-19-5-7-21-37(35)54(38-22-8-6-20-36(38)53)58-46-26-14-16-28-50(46)60-52-30-40-34-18-10-12-24-42(34)56(3,4)44(40)32-48(52)58/h5-32H,1-4H3. The van der Waals surface area contributed by atoms with Crippen molar-refractivity contribution in [1.82, 2.24) is 0 Å². The zero-order valence-electron chi connectivity index (χ0n) is 33.9. The lowest BCUT2D eigenvalue weighted by atomic mass is 9.82. The summed E-state index contributed by atoms with van der Waals surface area (Å²) in [7, 11) is 0. The summed E-state index contributed by atoms with van der Waals surface area (Å²) in [4.78, 5) is 10.3. The molecule has 0 saturated carbocycles. The predicted octanol–water partition coefficient (Wildman–Crippen LogP) is 16.5. The number of nitrogens with zero attached hydrogens (tertiary/aromatic N) is 2. The van der Waals surface area contributed by atoms with E-state index in [-0.39, 0.29) is 10.8 Å². The first-order valence-corrected chi connectivity index (χ1v) is 22.6. The van der Waals surface area contributed by atoms with Crippen LogP contribution in [0.15, 0.2) is 189 Å². The highest BCUT2D eigenvalue weighted by molar-refractivity contribution is 8.00. The van der Waals surface area contributed by atoms with E-state index in [1.54, 1.807) is 0 Å². The maximum absolute atomic E-state index is 2.59. The van der Waals surface area contributed by atoms with Gasteiger partial charge in [0.05, 0.1) is 34.1 Å². The fourth-order valence-electron chi connectivity index (χ4n) is 10.9. The molecular weight excluding hydrogens is 765 g/mol. The van der Waals surface area contributed by atoms with Crippen LogP contribution in [0.5, 0.6) is 0 Å². The lowest BCUT2D eigenvalue weighted by molar-refractivity contribution is 0.660. The van der Waals surface area contributed by atoms with Crippen LogP contribution in [0.4, 0.5) is 34.1 Å². The Morgan fingerprint density at radius 2 is 0.667 bits per heavy atom. The molecule has 13 rings (SSSR count). The Morgan fingerprint density at radius 3 is 1.08 bits per heavy atom. The minimum atomic E-state index is -0.120. The molecule has 0 fully saturated rings. The van der Waals surface area contributed by atoms with E-state index in [9.17, 15) is 0 Å². The van der Waals surface area contributed by atoms with E-state index in [0.29, 0.717) is 0 Å². The van der Waals surface area contributed by atoms with E-state index in [0.717, 1.165) is 0 Å². The van der Waals surface area contributed by atoms with Gasteiger partial charge < -0.3 is 9.80 Å². The summed E-state index contributed by atoms with van der Waals surface area (Å²) in [6.45, 7) is 9.55. The highest BCUT2D eigenvalue weighted by Gasteiger charge is 2.41. The maximum Gasteiger partial charge on any atom is 0.0620 e. The van der Waals surface area contributed by atoms with E-state index in [2.05, 4.69) is 207 Å². The molecule has 0 bridgehead atoms. The normalized spacial score (nSPS) is 15.7. The number of hydrogen-bond donors (Lipinski definition) is 0. The molecule has 9 aromatic rings. The molecule has 2 aliphatic heterocycles. The summed E-state index contributed by atoms with van der Waals surface area (Å²) in [5.74, 6) is 0. The van der Waals surface area contributed by atoms with Crippen molar-refractivity contribution in [3.63, 3.8) is 0 Å². The molecule has 0 amide bonds. The Bertz CT molecular complexity index is 3080. The Balaban J connectivity index is 1.11. The molecule has 2 aliphatic carbocycles. The molecule has 0 saturated heterocycles. The summed E-state index contributed by atoms with van der Waals surface area (Å²) in [5, 5.41) is 4.92. The second-order valence-electron chi connectivity index (χ2n) is 17.7. The van der Waals surface area contributed by atoms with Gasteiger partial charge in [-0.15, -0.1) is 0 Å². The first kappa shape index (κ1) is 34.6. The number of rotatable bonds is 2. The SMILES string of the molecule is CC1(C)c2ccccc2-c2cc3c(cc21)N(c1c2ccccc2c(N2c4ccccc4Sc4cc5c(cc42)C(C)(C)c2ccccc2-5)c2ccccc12)c1ccccc1S3. The molecule has 2 heterocycles. The van der Waals surface area contributed by atoms with Crippen LogP contribution in [0.25, 0.3) is 43.8 Å². The summed E-state index contributed by atoms with van der Waals surface area (Å²) >= 11 is 3.79. The second kappa shape index (κ2) is 12.2. The molecular formula is C56H40N2S2. The van der Waals surface area contributed by atoms with Gasteiger partial charge in [0.2, 0.25) is 0 Å². The number of fused-ring (bicyclic) bond motifs is 12. The highest BCUT2D eigenvalue weighted by atomic mass is 32.2. The quantitative estimate of drug-likeness (QED) is 0.161. The van der Waals surface area contributed by atoms with Gasteiger partial charge in [-0.1, -0.05) is 173 Å². The van der Waals surface area contributed by atoms with Crippen LogP contribution in [0, 0.1) is 0 Å². The summed E-state index contributed by atoms with van der Waals surface area (Å²) in [6.07, 6.45) is 0. The monoisotopic (exact) mass is 804 g/mol. The molecule has 0 spiro atoms. The van der Waals surface area contributed by atoms with Crippen LogP contribution in [0.1, 0.15) is 49.9 Å². The van der Waals surface area contributed by atoms with Crippen molar-refractivity contribution < 1.29 is 0 Å². The zero-order chi connectivity index (χ0) is 40.1. The molecule has 4 aliphatic rings. The third-order valence-electron chi connectivity index (χ3n) is 13.8. The molecule has 286 valence electrons. The largest absolute Gasteiger partial charge is 0.307 e. The van der Waals surface area contributed by atoms with Gasteiger partial charge in [-0.3, -0.25) is 0 Å². The minimum Gasteiger partial charge on any atom is -0.307 e. The molecule has 9 aromatic carbocycles. The number of anilines is 6. The topological polar surface area (TPSA) is 6.48 Å². The van der Waals surface area contributed by atoms with Gasteiger partial charge in [-0.2, -0.15) is 0 Å². The number of benzene rings is 9. The van der Waals surface area contributed by atoms with Crippen molar-refractivity contribution in [2.45, 2.75) is 58.1 Å². The van der Waals surface area contributed by atoms with Crippen LogP contribution in [0.3, 0.4) is 0 Å². The average molecular weight is 805 g/mol. The van der Waals surface area contributed by atoms with Crippen LogP contribution in [-0.4, -0.2) is 0 Å². The highest BCUT2D eigenvalue weighted by Crippen LogP contribution is 2.62. The van der Waals surface area contributed by atoms with Crippen LogP contribution in [0.2, 0.25) is 0 Å². The Morgan fingerprint density at radius 1 is 0.317 bits per heavy atom. The predicted molar refractivity (Wildman–Crippen MR) is 254 cm³/mol. The van der Waals surface area contributed by atoms with Crippen molar-refractivity contribution in [2.24, 2.45) is 0 Å². The Kier molecular flexibility index (Phi) is 7.04. The number of hydrogen-bond acceptors (Lipinski definition) is 4. The van der Waals surface area contributed by atoms with Gasteiger partial charge in [0.15, 0.2) is 0 Å². The zero-order valence-corrected chi connectivity index (χ0v) is 35.5. The average Bonchev–Trinajstić information content (AvgIpc) is 3.64. The lowest BCUT2D eigenvalue weighted by Gasteiger charge is -2.38. The van der Waals surface area contributed by atoms with E-state index in [1.165, 1.54) is 120 Å². The molecule has 0 atom stereocenters. The van der Waals surface area contributed by atoms with Crippen LogP contribution >= 0.6 is 23.5 Å². The molecule has 0 aromatic heterocycles. The summed E-state index contributed by atoms with van der Waals surface area (Å²) < 4.78 is 0. The van der Waals surface area contributed by atoms with Gasteiger partial charge in [-0.25, -0.2) is 0 Å². The Labute approximate surface area is 359 Å². The molecule has 0 N–H and O–H groups in total. The van der Waals surface area contributed by atoms with Crippen molar-refractivity contribution >= 4 is 79.2 Å². The van der Waals surface area contributed by atoms with Gasteiger partial charge in [-0.05, 0) is 93.0 Å². The van der Waals surface area contributed by atoms with Crippen molar-refractivity contribution in [3.05, 3.63) is 192 Å².